The van der Waals surface area contributed by atoms with E-state index in [0.29, 0.717) is 12.5 Å². The summed E-state index contributed by atoms with van der Waals surface area (Å²) in [5, 5.41) is 9.60. The first kappa shape index (κ1) is 11.0. The smallest absolute Gasteiger partial charge is 0.253 e. The Bertz CT molecular complexity index is 487. The summed E-state index contributed by atoms with van der Waals surface area (Å²) < 4.78 is 1.82. The fraction of sp³-hybridized carbons (Fsp3) is 0.643. The third-order valence-electron chi connectivity index (χ3n) is 4.14. The number of pyridine rings is 1. The van der Waals surface area contributed by atoms with Gasteiger partial charge in [-0.25, -0.2) is 0 Å². The highest BCUT2D eigenvalue weighted by Crippen LogP contribution is 2.40. The van der Waals surface area contributed by atoms with Crippen molar-refractivity contribution in [2.75, 3.05) is 0 Å². The number of rotatable bonds is 3. The van der Waals surface area contributed by atoms with Crippen molar-refractivity contribution >= 4 is 0 Å². The third-order valence-corrected chi connectivity index (χ3v) is 4.14. The molecule has 1 heterocycles. The van der Waals surface area contributed by atoms with Crippen molar-refractivity contribution in [1.29, 1.82) is 0 Å². The number of nitrogens with zero attached hydrogens (tertiary/aromatic N) is 1. The fourth-order valence-electron chi connectivity index (χ4n) is 2.61. The summed E-state index contributed by atoms with van der Waals surface area (Å²) in [6.45, 7) is 2.57. The largest absolute Gasteiger partial charge is 0.393 e. The van der Waals surface area contributed by atoms with Crippen LogP contribution in [0.2, 0.25) is 0 Å². The van der Waals surface area contributed by atoms with Gasteiger partial charge in [-0.3, -0.25) is 4.79 Å². The molecule has 1 unspecified atom stereocenters. The van der Waals surface area contributed by atoms with E-state index in [1.54, 1.807) is 0 Å². The zero-order valence-electron chi connectivity index (χ0n) is 10.2. The van der Waals surface area contributed by atoms with Gasteiger partial charge < -0.3 is 9.67 Å². The molecule has 3 nitrogen and oxygen atoms in total. The lowest BCUT2D eigenvalue weighted by Crippen LogP contribution is -2.37. The number of aryl methyl sites for hydroxylation is 1. The van der Waals surface area contributed by atoms with Crippen molar-refractivity contribution < 1.29 is 5.11 Å². The first-order chi connectivity index (χ1) is 8.15. The van der Waals surface area contributed by atoms with Crippen molar-refractivity contribution in [2.45, 2.75) is 51.2 Å². The van der Waals surface area contributed by atoms with Gasteiger partial charge in [-0.15, -0.1) is 0 Å². The Morgan fingerprint density at radius 1 is 1.35 bits per heavy atom. The van der Waals surface area contributed by atoms with Gasteiger partial charge in [0.1, 0.15) is 0 Å². The Balaban J connectivity index is 1.88. The lowest BCUT2D eigenvalue weighted by molar-refractivity contribution is 0.0142. The Morgan fingerprint density at radius 3 is 2.65 bits per heavy atom. The summed E-state index contributed by atoms with van der Waals surface area (Å²) in [7, 11) is 0. The molecule has 92 valence electrons. The Morgan fingerprint density at radius 2 is 2.12 bits per heavy atom. The summed E-state index contributed by atoms with van der Waals surface area (Å²) >= 11 is 0. The molecule has 3 heteroatoms. The maximum absolute atomic E-state index is 12.0. The average molecular weight is 233 g/mol. The van der Waals surface area contributed by atoms with Crippen LogP contribution in [0.15, 0.2) is 17.1 Å². The highest BCUT2D eigenvalue weighted by molar-refractivity contribution is 5.25. The molecule has 2 aliphatic carbocycles. The molecular weight excluding hydrogens is 214 g/mol. The third kappa shape index (κ3) is 2.04. The molecule has 1 N–H and O–H groups in total. The highest BCUT2D eigenvalue weighted by atomic mass is 16.3. The van der Waals surface area contributed by atoms with Crippen LogP contribution in [0.1, 0.15) is 42.7 Å². The van der Waals surface area contributed by atoms with E-state index in [9.17, 15) is 9.90 Å². The standard InChI is InChI=1S/C14H19NO2/c1-9-6-12(10-2-3-10)8-15(14(9)17)7-11-4-5-13(11)16/h6,8,10-11,13,16H,2-5,7H2,1H3/t11?,13-/m0/s1. The van der Waals surface area contributed by atoms with Crippen molar-refractivity contribution in [3.8, 4) is 0 Å². The zero-order valence-corrected chi connectivity index (χ0v) is 10.2. The van der Waals surface area contributed by atoms with Crippen LogP contribution in [0.5, 0.6) is 0 Å². The Kier molecular flexibility index (Phi) is 2.58. The van der Waals surface area contributed by atoms with Crippen LogP contribution in [0, 0.1) is 12.8 Å². The molecule has 3 rings (SSSR count). The fourth-order valence-corrected chi connectivity index (χ4v) is 2.61. The van der Waals surface area contributed by atoms with Gasteiger partial charge in [0.2, 0.25) is 0 Å². The predicted molar refractivity (Wildman–Crippen MR) is 66.1 cm³/mol. The van der Waals surface area contributed by atoms with Gasteiger partial charge in [-0.05, 0) is 50.2 Å². The molecule has 0 spiro atoms. The molecular formula is C14H19NO2. The summed E-state index contributed by atoms with van der Waals surface area (Å²) in [6, 6.07) is 2.04. The minimum absolute atomic E-state index is 0.105. The van der Waals surface area contributed by atoms with E-state index in [4.69, 9.17) is 0 Å². The molecule has 0 bridgehead atoms. The molecule has 2 atom stereocenters. The lowest BCUT2D eigenvalue weighted by Gasteiger charge is -2.32. The van der Waals surface area contributed by atoms with Crippen LogP contribution in [-0.2, 0) is 6.54 Å². The van der Waals surface area contributed by atoms with Crippen molar-refractivity contribution in [1.82, 2.24) is 4.57 Å². The maximum atomic E-state index is 12.0. The minimum atomic E-state index is -0.202. The summed E-state index contributed by atoms with van der Waals surface area (Å²) in [4.78, 5) is 12.0. The van der Waals surface area contributed by atoms with E-state index in [1.165, 1.54) is 18.4 Å². The second kappa shape index (κ2) is 3.98. The van der Waals surface area contributed by atoms with Gasteiger partial charge in [-0.2, -0.15) is 0 Å². The zero-order chi connectivity index (χ0) is 12.0. The Labute approximate surface area is 101 Å². The molecule has 0 radical (unpaired) electrons. The topological polar surface area (TPSA) is 42.2 Å². The monoisotopic (exact) mass is 233 g/mol. The summed E-state index contributed by atoms with van der Waals surface area (Å²) in [6.07, 6.45) is 6.25. The quantitative estimate of drug-likeness (QED) is 0.865. The summed E-state index contributed by atoms with van der Waals surface area (Å²) in [5.74, 6) is 0.952. The SMILES string of the molecule is Cc1cc(C2CC2)cn(CC2CC[C@@H]2O)c1=O. The van der Waals surface area contributed by atoms with Crippen LogP contribution in [0.3, 0.4) is 0 Å². The van der Waals surface area contributed by atoms with Crippen molar-refractivity contribution in [3.05, 3.63) is 33.7 Å². The molecule has 1 aromatic heterocycles. The van der Waals surface area contributed by atoms with E-state index in [-0.39, 0.29) is 17.6 Å². The van der Waals surface area contributed by atoms with E-state index >= 15 is 0 Å². The predicted octanol–water partition coefficient (Wildman–Crippen LogP) is 1.81. The molecule has 0 aliphatic heterocycles. The number of hydrogen-bond donors (Lipinski definition) is 1. The lowest BCUT2D eigenvalue weighted by atomic mass is 9.82. The number of aliphatic hydroxyl groups is 1. The molecule has 17 heavy (non-hydrogen) atoms. The Hall–Kier alpha value is -1.09. The highest BCUT2D eigenvalue weighted by Gasteiger charge is 2.30. The minimum Gasteiger partial charge on any atom is -0.393 e. The molecule has 0 saturated heterocycles. The van der Waals surface area contributed by atoms with E-state index < -0.39 is 0 Å². The van der Waals surface area contributed by atoms with E-state index in [0.717, 1.165) is 18.4 Å². The van der Waals surface area contributed by atoms with Crippen LogP contribution < -0.4 is 5.56 Å². The number of hydrogen-bond acceptors (Lipinski definition) is 2. The van der Waals surface area contributed by atoms with Gasteiger partial charge in [0.15, 0.2) is 0 Å². The van der Waals surface area contributed by atoms with Gasteiger partial charge in [0, 0.05) is 24.2 Å². The van der Waals surface area contributed by atoms with Crippen LogP contribution in [0.25, 0.3) is 0 Å². The first-order valence-electron chi connectivity index (χ1n) is 6.54. The molecule has 1 aromatic rings. The average Bonchev–Trinajstić information content (AvgIpc) is 3.12. The second-order valence-electron chi connectivity index (χ2n) is 5.59. The maximum Gasteiger partial charge on any atom is 0.253 e. The van der Waals surface area contributed by atoms with Crippen LogP contribution in [-0.4, -0.2) is 15.8 Å². The molecule has 0 amide bonds. The summed E-state index contributed by atoms with van der Waals surface area (Å²) in [5.41, 5.74) is 2.24. The van der Waals surface area contributed by atoms with Gasteiger partial charge in [-0.1, -0.05) is 0 Å². The number of aromatic nitrogens is 1. The van der Waals surface area contributed by atoms with Crippen LogP contribution >= 0.6 is 0 Å². The number of aliphatic hydroxyl groups excluding tert-OH is 1. The molecule has 2 fully saturated rings. The second-order valence-corrected chi connectivity index (χ2v) is 5.59. The van der Waals surface area contributed by atoms with Crippen molar-refractivity contribution in [3.63, 3.8) is 0 Å². The van der Waals surface area contributed by atoms with Gasteiger partial charge in [0.05, 0.1) is 6.10 Å². The van der Waals surface area contributed by atoms with Gasteiger partial charge >= 0.3 is 0 Å². The van der Waals surface area contributed by atoms with Crippen molar-refractivity contribution in [2.24, 2.45) is 5.92 Å². The molecule has 2 saturated carbocycles. The van der Waals surface area contributed by atoms with Gasteiger partial charge in [0.25, 0.3) is 5.56 Å². The van der Waals surface area contributed by atoms with E-state index in [1.807, 2.05) is 23.8 Å². The normalized spacial score (nSPS) is 27.9. The van der Waals surface area contributed by atoms with E-state index in [2.05, 4.69) is 0 Å². The first-order valence-corrected chi connectivity index (χ1v) is 6.54. The molecule has 0 aromatic carbocycles. The molecule has 2 aliphatic rings. The van der Waals surface area contributed by atoms with Crippen LogP contribution in [0.4, 0.5) is 0 Å².